The molecule has 0 radical (unpaired) electrons. The van der Waals surface area contributed by atoms with Crippen LogP contribution in [0.1, 0.15) is 32.8 Å². The SMILES string of the molecule is C=C(C=CC1C(=O)CN(c2ccc(CC)cc2)C/C1=C/C)CC. The molecule has 122 valence electrons. The predicted molar refractivity (Wildman–Crippen MR) is 98.9 cm³/mol. The molecule has 0 aliphatic carbocycles. The van der Waals surface area contributed by atoms with Crippen LogP contribution in [0.3, 0.4) is 0 Å². The fourth-order valence-corrected chi connectivity index (χ4v) is 2.84. The van der Waals surface area contributed by atoms with E-state index in [0.717, 1.165) is 30.6 Å². The Balaban J connectivity index is 2.16. The Morgan fingerprint density at radius 2 is 1.96 bits per heavy atom. The van der Waals surface area contributed by atoms with Gasteiger partial charge in [-0.3, -0.25) is 4.79 Å². The molecule has 1 aliphatic rings. The molecule has 1 aromatic rings. The standard InChI is InChI=1S/C21H27NO/c1-5-16(4)8-13-20-18(7-3)14-22(15-21(20)23)19-11-9-17(6-2)10-12-19/h7-13,20H,4-6,14-15H2,1-3H3/b13-8?,18-7-. The van der Waals surface area contributed by atoms with Crippen LogP contribution in [0.4, 0.5) is 5.69 Å². The van der Waals surface area contributed by atoms with Crippen molar-refractivity contribution in [1.29, 1.82) is 0 Å². The van der Waals surface area contributed by atoms with Crippen molar-refractivity contribution < 1.29 is 4.79 Å². The van der Waals surface area contributed by atoms with Crippen molar-refractivity contribution in [1.82, 2.24) is 0 Å². The van der Waals surface area contributed by atoms with Gasteiger partial charge >= 0.3 is 0 Å². The maximum atomic E-state index is 12.6. The van der Waals surface area contributed by atoms with Crippen molar-refractivity contribution in [2.45, 2.75) is 33.6 Å². The van der Waals surface area contributed by atoms with Gasteiger partial charge in [-0.15, -0.1) is 0 Å². The highest BCUT2D eigenvalue weighted by Crippen LogP contribution is 2.27. The monoisotopic (exact) mass is 309 g/mol. The number of carbonyl (C=O) groups excluding carboxylic acids is 1. The smallest absolute Gasteiger partial charge is 0.163 e. The highest BCUT2D eigenvalue weighted by Gasteiger charge is 2.29. The first-order chi connectivity index (χ1) is 11.1. The lowest BCUT2D eigenvalue weighted by Gasteiger charge is -2.33. The summed E-state index contributed by atoms with van der Waals surface area (Å²) in [5, 5.41) is 0. The van der Waals surface area contributed by atoms with Crippen molar-refractivity contribution >= 4 is 11.5 Å². The van der Waals surface area contributed by atoms with E-state index in [4.69, 9.17) is 0 Å². The molecule has 1 aliphatic heterocycles. The van der Waals surface area contributed by atoms with Crippen molar-refractivity contribution in [2.24, 2.45) is 5.92 Å². The Bertz CT molecular complexity index is 622. The second-order valence-electron chi connectivity index (χ2n) is 6.05. The van der Waals surface area contributed by atoms with Crippen molar-refractivity contribution in [3.05, 3.63) is 65.8 Å². The number of piperidine rings is 1. The number of allylic oxidation sites excluding steroid dienone is 4. The van der Waals surface area contributed by atoms with E-state index < -0.39 is 0 Å². The van der Waals surface area contributed by atoms with Gasteiger partial charge in [0.2, 0.25) is 0 Å². The number of hydrogen-bond acceptors (Lipinski definition) is 2. The van der Waals surface area contributed by atoms with Gasteiger partial charge in [0.25, 0.3) is 0 Å². The molecular weight excluding hydrogens is 282 g/mol. The molecule has 0 amide bonds. The van der Waals surface area contributed by atoms with Crippen LogP contribution in [0.15, 0.2) is 60.2 Å². The van der Waals surface area contributed by atoms with E-state index in [1.165, 1.54) is 11.1 Å². The summed E-state index contributed by atoms with van der Waals surface area (Å²) in [5.74, 6) is 0.151. The summed E-state index contributed by atoms with van der Waals surface area (Å²) < 4.78 is 0. The van der Waals surface area contributed by atoms with E-state index in [1.54, 1.807) is 0 Å². The van der Waals surface area contributed by atoms with Gasteiger partial charge < -0.3 is 4.90 Å². The van der Waals surface area contributed by atoms with Gasteiger partial charge in [-0.1, -0.05) is 56.4 Å². The molecule has 2 heteroatoms. The Hall–Kier alpha value is -2.09. The van der Waals surface area contributed by atoms with E-state index >= 15 is 0 Å². The van der Waals surface area contributed by atoms with Crippen LogP contribution in [0.2, 0.25) is 0 Å². The Kier molecular flexibility index (Phi) is 5.97. The maximum absolute atomic E-state index is 12.6. The van der Waals surface area contributed by atoms with Crippen molar-refractivity contribution in [3.8, 4) is 0 Å². The van der Waals surface area contributed by atoms with Crippen LogP contribution in [-0.4, -0.2) is 18.9 Å². The lowest BCUT2D eigenvalue weighted by molar-refractivity contribution is -0.119. The number of aryl methyl sites for hydroxylation is 1. The molecule has 1 aromatic carbocycles. The number of ketones is 1. The molecule has 1 saturated heterocycles. The molecule has 0 spiro atoms. The van der Waals surface area contributed by atoms with Gasteiger partial charge in [0.15, 0.2) is 5.78 Å². The zero-order valence-corrected chi connectivity index (χ0v) is 14.5. The van der Waals surface area contributed by atoms with Crippen LogP contribution in [-0.2, 0) is 11.2 Å². The summed E-state index contributed by atoms with van der Waals surface area (Å²) in [7, 11) is 0. The van der Waals surface area contributed by atoms with Crippen LogP contribution < -0.4 is 4.90 Å². The van der Waals surface area contributed by atoms with Crippen LogP contribution in [0, 0.1) is 5.92 Å². The number of Topliss-reactive ketones (excluding diaryl/α,β-unsaturated/α-hetero) is 1. The Labute approximate surface area is 140 Å². The van der Waals surface area contributed by atoms with Crippen LogP contribution in [0.25, 0.3) is 0 Å². The first-order valence-corrected chi connectivity index (χ1v) is 8.46. The van der Waals surface area contributed by atoms with Gasteiger partial charge in [-0.2, -0.15) is 0 Å². The first kappa shape index (κ1) is 17.3. The summed E-state index contributed by atoms with van der Waals surface area (Å²) in [6.45, 7) is 11.5. The van der Waals surface area contributed by atoms with Crippen LogP contribution in [0.5, 0.6) is 0 Å². The quantitative estimate of drug-likeness (QED) is 0.579. The number of nitrogens with zero attached hydrogens (tertiary/aromatic N) is 1. The number of rotatable bonds is 5. The summed E-state index contributed by atoms with van der Waals surface area (Å²) in [4.78, 5) is 14.8. The Morgan fingerprint density at radius 1 is 1.26 bits per heavy atom. The average Bonchev–Trinajstić information content (AvgIpc) is 2.59. The lowest BCUT2D eigenvalue weighted by Crippen LogP contribution is -2.42. The van der Waals surface area contributed by atoms with Gasteiger partial charge in [0.1, 0.15) is 0 Å². The van der Waals surface area contributed by atoms with Gasteiger partial charge in [-0.25, -0.2) is 0 Å². The van der Waals surface area contributed by atoms with Crippen molar-refractivity contribution in [2.75, 3.05) is 18.0 Å². The maximum Gasteiger partial charge on any atom is 0.163 e. The summed E-state index contributed by atoms with van der Waals surface area (Å²) in [6.07, 6.45) is 8.04. The zero-order chi connectivity index (χ0) is 16.8. The van der Waals surface area contributed by atoms with E-state index in [0.29, 0.717) is 6.54 Å². The van der Waals surface area contributed by atoms with E-state index in [-0.39, 0.29) is 11.7 Å². The third kappa shape index (κ3) is 4.22. The fraction of sp³-hybridized carbons (Fsp3) is 0.381. The lowest BCUT2D eigenvalue weighted by atomic mass is 9.88. The molecule has 1 fully saturated rings. The largest absolute Gasteiger partial charge is 0.360 e. The minimum absolute atomic E-state index is 0.102. The molecule has 0 aromatic heterocycles. The predicted octanol–water partition coefficient (Wildman–Crippen LogP) is 4.72. The molecule has 2 nitrogen and oxygen atoms in total. The molecule has 1 heterocycles. The molecule has 23 heavy (non-hydrogen) atoms. The summed E-state index contributed by atoms with van der Waals surface area (Å²) >= 11 is 0. The Morgan fingerprint density at radius 3 is 2.52 bits per heavy atom. The van der Waals surface area contributed by atoms with Crippen molar-refractivity contribution in [3.63, 3.8) is 0 Å². The number of anilines is 1. The normalized spacial score (nSPS) is 20.5. The number of hydrogen-bond donors (Lipinski definition) is 0. The van der Waals surface area contributed by atoms with Gasteiger partial charge in [0.05, 0.1) is 12.5 Å². The third-order valence-corrected chi connectivity index (χ3v) is 4.53. The molecule has 1 unspecified atom stereocenters. The highest BCUT2D eigenvalue weighted by atomic mass is 16.1. The van der Waals surface area contributed by atoms with E-state index in [1.807, 2.05) is 19.1 Å². The second kappa shape index (κ2) is 7.96. The zero-order valence-electron chi connectivity index (χ0n) is 14.5. The fourth-order valence-electron chi connectivity index (χ4n) is 2.84. The molecule has 0 saturated carbocycles. The van der Waals surface area contributed by atoms with Crippen LogP contribution >= 0.6 is 0 Å². The topological polar surface area (TPSA) is 20.3 Å². The third-order valence-electron chi connectivity index (χ3n) is 4.53. The molecule has 0 bridgehead atoms. The molecule has 0 N–H and O–H groups in total. The number of benzene rings is 1. The second-order valence-corrected chi connectivity index (χ2v) is 6.05. The first-order valence-electron chi connectivity index (χ1n) is 8.46. The van der Waals surface area contributed by atoms with Gasteiger partial charge in [0, 0.05) is 12.2 Å². The summed E-state index contributed by atoms with van der Waals surface area (Å²) in [6, 6.07) is 8.53. The van der Waals surface area contributed by atoms with E-state index in [2.05, 4.69) is 55.7 Å². The summed E-state index contributed by atoms with van der Waals surface area (Å²) in [5.41, 5.74) is 4.67. The average molecular weight is 309 g/mol. The molecule has 1 atom stereocenters. The van der Waals surface area contributed by atoms with Gasteiger partial charge in [-0.05, 0) is 43.0 Å². The number of carbonyl (C=O) groups is 1. The van der Waals surface area contributed by atoms with E-state index in [9.17, 15) is 4.79 Å². The minimum atomic E-state index is -0.102. The highest BCUT2D eigenvalue weighted by molar-refractivity contribution is 5.91. The minimum Gasteiger partial charge on any atom is -0.360 e. The molecular formula is C21H27NO. The molecule has 2 rings (SSSR count).